The molecule has 0 bridgehead atoms. The van der Waals surface area contributed by atoms with Crippen LogP contribution in [0.5, 0.6) is 5.75 Å². The number of rotatable bonds is 4. The van der Waals surface area contributed by atoms with Crippen molar-refractivity contribution >= 4 is 34.1 Å². The number of hydrogen-bond acceptors (Lipinski definition) is 4. The zero-order valence-electron chi connectivity index (χ0n) is 16.0. The van der Waals surface area contributed by atoms with E-state index >= 15 is 0 Å². The van der Waals surface area contributed by atoms with Crippen LogP contribution >= 0.6 is 11.6 Å². The Morgan fingerprint density at radius 2 is 2.10 bits per heavy atom. The fraction of sp³-hybridized carbons (Fsp3) is 0.238. The summed E-state index contributed by atoms with van der Waals surface area (Å²) in [4.78, 5) is 30.5. The predicted octanol–water partition coefficient (Wildman–Crippen LogP) is 3.47. The van der Waals surface area contributed by atoms with E-state index in [1.807, 2.05) is 0 Å². The lowest BCUT2D eigenvalue weighted by Gasteiger charge is -2.28. The van der Waals surface area contributed by atoms with Gasteiger partial charge in [-0.3, -0.25) is 14.5 Å². The summed E-state index contributed by atoms with van der Waals surface area (Å²) in [7, 11) is 1.52. The summed E-state index contributed by atoms with van der Waals surface area (Å²) in [6.07, 6.45) is 0.522. The molecule has 2 aromatic carbocycles. The third-order valence-electron chi connectivity index (χ3n) is 5.11. The van der Waals surface area contributed by atoms with Gasteiger partial charge in [-0.1, -0.05) is 11.6 Å². The smallest absolute Gasteiger partial charge is 0.238 e. The van der Waals surface area contributed by atoms with Crippen molar-refractivity contribution in [3.63, 3.8) is 0 Å². The Balaban J connectivity index is 1.57. The molecule has 1 aliphatic heterocycles. The van der Waals surface area contributed by atoms with Crippen LogP contribution in [0.4, 0.5) is 14.5 Å². The van der Waals surface area contributed by atoms with Crippen LogP contribution in [0.1, 0.15) is 11.3 Å². The van der Waals surface area contributed by atoms with E-state index in [0.717, 1.165) is 11.8 Å². The van der Waals surface area contributed by atoms with Gasteiger partial charge in [0, 0.05) is 36.8 Å². The molecule has 2 heterocycles. The topological polar surface area (TPSA) is 74.4 Å². The number of ether oxygens (including phenoxy) is 1. The minimum atomic E-state index is -0.848. The molecule has 2 N–H and O–H groups in total. The number of H-pyrrole nitrogens is 1. The number of aromatic nitrogens is 1. The number of hydrogen-bond donors (Lipinski definition) is 2. The monoisotopic (exact) mass is 433 g/mol. The lowest BCUT2D eigenvalue weighted by Crippen LogP contribution is -2.39. The highest BCUT2D eigenvalue weighted by Crippen LogP contribution is 2.30. The number of nitrogens with one attached hydrogen (secondary N) is 2. The number of halogens is 3. The molecule has 6 nitrogen and oxygen atoms in total. The summed E-state index contributed by atoms with van der Waals surface area (Å²) in [5, 5.41) is 3.09. The summed E-state index contributed by atoms with van der Waals surface area (Å²) in [5.41, 5.74) is 1.55. The van der Waals surface area contributed by atoms with E-state index in [1.165, 1.54) is 13.2 Å². The van der Waals surface area contributed by atoms with E-state index in [4.69, 9.17) is 16.3 Å². The molecule has 1 aliphatic rings. The number of aromatic amines is 1. The van der Waals surface area contributed by atoms with Gasteiger partial charge in [-0.2, -0.15) is 0 Å². The third kappa shape index (κ3) is 3.76. The second-order valence-electron chi connectivity index (χ2n) is 7.04. The molecular formula is C21H18ClF2N3O3. The van der Waals surface area contributed by atoms with Crippen molar-refractivity contribution in [3.8, 4) is 5.75 Å². The Hall–Kier alpha value is -2.97. The molecule has 0 atom stereocenters. The van der Waals surface area contributed by atoms with Crippen LogP contribution in [-0.4, -0.2) is 36.0 Å². The van der Waals surface area contributed by atoms with Gasteiger partial charge in [-0.05, 0) is 24.3 Å². The summed E-state index contributed by atoms with van der Waals surface area (Å²) < 4.78 is 32.1. The normalized spacial score (nSPS) is 13.9. The second kappa shape index (κ2) is 8.04. The van der Waals surface area contributed by atoms with Gasteiger partial charge in [0.2, 0.25) is 5.91 Å². The Morgan fingerprint density at radius 1 is 1.30 bits per heavy atom. The highest BCUT2D eigenvalue weighted by atomic mass is 35.5. The Morgan fingerprint density at radius 3 is 2.83 bits per heavy atom. The minimum absolute atomic E-state index is 0.0421. The molecule has 0 saturated heterocycles. The van der Waals surface area contributed by atoms with Crippen molar-refractivity contribution in [1.82, 2.24) is 9.88 Å². The summed E-state index contributed by atoms with van der Waals surface area (Å²) in [5.74, 6) is -1.50. The first-order valence-corrected chi connectivity index (χ1v) is 9.62. The minimum Gasteiger partial charge on any atom is -0.495 e. The first-order valence-electron chi connectivity index (χ1n) is 9.25. The van der Waals surface area contributed by atoms with Gasteiger partial charge >= 0.3 is 0 Å². The molecule has 156 valence electrons. The standard InChI is InChI=1S/C21H18ClF2N3O3/c1-30-17-5-3-13(22)19-20(17)26-15-6-7-27(9-12(15)21(19)29)10-18(28)25-16-4-2-11(23)8-14(16)24/h2-5,8H,6-7,9-10H2,1H3,(H,25,28)(H,26,29). The zero-order valence-corrected chi connectivity index (χ0v) is 16.8. The lowest BCUT2D eigenvalue weighted by molar-refractivity contribution is -0.117. The number of carbonyl (C=O) groups is 1. The number of benzene rings is 2. The first-order chi connectivity index (χ1) is 14.4. The fourth-order valence-electron chi connectivity index (χ4n) is 3.66. The quantitative estimate of drug-likeness (QED) is 0.660. The largest absolute Gasteiger partial charge is 0.495 e. The summed E-state index contributed by atoms with van der Waals surface area (Å²) in [6.45, 7) is 0.726. The van der Waals surface area contributed by atoms with Crippen molar-refractivity contribution in [1.29, 1.82) is 0 Å². The number of nitrogens with zero attached hydrogens (tertiary/aromatic N) is 1. The summed E-state index contributed by atoms with van der Waals surface area (Å²) >= 11 is 6.26. The van der Waals surface area contributed by atoms with Crippen molar-refractivity contribution in [3.05, 3.63) is 68.5 Å². The van der Waals surface area contributed by atoms with Gasteiger partial charge in [-0.15, -0.1) is 0 Å². The van der Waals surface area contributed by atoms with E-state index in [2.05, 4.69) is 10.3 Å². The molecule has 30 heavy (non-hydrogen) atoms. The molecule has 3 aromatic rings. The average Bonchev–Trinajstić information content (AvgIpc) is 2.71. The van der Waals surface area contributed by atoms with E-state index in [-0.39, 0.29) is 24.2 Å². The molecule has 0 spiro atoms. The molecule has 0 radical (unpaired) electrons. The van der Waals surface area contributed by atoms with Crippen LogP contribution in [0.15, 0.2) is 35.1 Å². The Labute approximate surface area is 175 Å². The van der Waals surface area contributed by atoms with E-state index < -0.39 is 17.5 Å². The van der Waals surface area contributed by atoms with Gasteiger partial charge in [0.15, 0.2) is 5.43 Å². The maximum Gasteiger partial charge on any atom is 0.238 e. The highest BCUT2D eigenvalue weighted by Gasteiger charge is 2.24. The van der Waals surface area contributed by atoms with Crippen molar-refractivity contribution in [2.75, 3.05) is 25.5 Å². The SMILES string of the molecule is COc1ccc(Cl)c2c(=O)c3c([nH]c12)CCN(CC(=O)Nc1ccc(F)cc1F)C3. The van der Waals surface area contributed by atoms with Crippen LogP contribution in [0, 0.1) is 11.6 Å². The van der Waals surface area contributed by atoms with E-state index in [1.54, 1.807) is 17.0 Å². The van der Waals surface area contributed by atoms with Gasteiger partial charge in [-0.25, -0.2) is 8.78 Å². The lowest BCUT2D eigenvalue weighted by atomic mass is 10.0. The number of carbonyl (C=O) groups excluding carboxylic acids is 1. The maximum atomic E-state index is 13.8. The van der Waals surface area contributed by atoms with Gasteiger partial charge in [0.05, 0.1) is 35.3 Å². The van der Waals surface area contributed by atoms with Crippen molar-refractivity contribution in [2.45, 2.75) is 13.0 Å². The van der Waals surface area contributed by atoms with Crippen LogP contribution in [0.2, 0.25) is 5.02 Å². The average molecular weight is 434 g/mol. The van der Waals surface area contributed by atoms with E-state index in [0.29, 0.717) is 46.3 Å². The molecule has 0 unspecified atom stereocenters. The first kappa shape index (κ1) is 20.3. The third-order valence-corrected chi connectivity index (χ3v) is 5.42. The van der Waals surface area contributed by atoms with Crippen LogP contribution in [-0.2, 0) is 17.8 Å². The molecule has 0 aliphatic carbocycles. The molecular weight excluding hydrogens is 416 g/mol. The van der Waals surface area contributed by atoms with Gasteiger partial charge in [0.25, 0.3) is 0 Å². The summed E-state index contributed by atoms with van der Waals surface area (Å²) in [6, 6.07) is 6.24. The van der Waals surface area contributed by atoms with Crippen LogP contribution in [0.25, 0.3) is 10.9 Å². The Bertz CT molecular complexity index is 1210. The molecule has 9 heteroatoms. The van der Waals surface area contributed by atoms with Gasteiger partial charge < -0.3 is 15.0 Å². The molecule has 4 rings (SSSR count). The Kier molecular flexibility index (Phi) is 5.44. The number of anilines is 1. The number of fused-ring (bicyclic) bond motifs is 2. The fourth-order valence-corrected chi connectivity index (χ4v) is 3.90. The molecule has 0 saturated carbocycles. The molecule has 1 amide bonds. The van der Waals surface area contributed by atoms with Gasteiger partial charge in [0.1, 0.15) is 17.4 Å². The second-order valence-corrected chi connectivity index (χ2v) is 7.45. The zero-order chi connectivity index (χ0) is 21.4. The van der Waals surface area contributed by atoms with Crippen molar-refractivity contribution in [2.24, 2.45) is 0 Å². The predicted molar refractivity (Wildman–Crippen MR) is 110 cm³/mol. The van der Waals surface area contributed by atoms with Crippen LogP contribution in [0.3, 0.4) is 0 Å². The molecule has 0 fully saturated rings. The maximum absolute atomic E-state index is 13.8. The number of amides is 1. The van der Waals surface area contributed by atoms with Crippen molar-refractivity contribution < 1.29 is 18.3 Å². The molecule has 1 aromatic heterocycles. The highest BCUT2D eigenvalue weighted by molar-refractivity contribution is 6.35. The van der Waals surface area contributed by atoms with E-state index in [9.17, 15) is 18.4 Å². The van der Waals surface area contributed by atoms with Crippen LogP contribution < -0.4 is 15.5 Å². The number of pyridine rings is 1. The number of methoxy groups -OCH3 is 1.